The van der Waals surface area contributed by atoms with Gasteiger partial charge in [0.05, 0.1) is 0 Å². The Balaban J connectivity index is 1.73. The first kappa shape index (κ1) is 16.1. The van der Waals surface area contributed by atoms with E-state index in [4.69, 9.17) is 0 Å². The topological polar surface area (TPSA) is 3.24 Å². The normalized spacial score (nSPS) is 29.8. The summed E-state index contributed by atoms with van der Waals surface area (Å²) < 4.78 is 0. The van der Waals surface area contributed by atoms with E-state index in [1.54, 1.807) is 5.56 Å². The lowest BCUT2D eigenvalue weighted by Gasteiger charge is -2.51. The van der Waals surface area contributed by atoms with E-state index >= 15 is 0 Å². The maximum atomic E-state index is 2.76. The Morgan fingerprint density at radius 2 is 1.58 bits per heavy atom. The highest BCUT2D eigenvalue weighted by Crippen LogP contribution is 2.57. The molecular weight excluding hydrogens is 290 g/mol. The number of allylic oxidation sites excluding steroid dienone is 3. The minimum Gasteiger partial charge on any atom is -0.302 e. The number of likely N-dealkylation sites (tertiary alicyclic amines) is 1. The highest BCUT2D eigenvalue weighted by molar-refractivity contribution is 5.36. The van der Waals surface area contributed by atoms with Crippen LogP contribution in [0.4, 0.5) is 0 Å². The van der Waals surface area contributed by atoms with Crippen molar-refractivity contribution in [2.24, 2.45) is 5.41 Å². The summed E-state index contributed by atoms with van der Waals surface area (Å²) in [4.78, 5) is 2.76. The van der Waals surface area contributed by atoms with E-state index < -0.39 is 0 Å². The molecule has 0 amide bonds. The Hall–Kier alpha value is -1.34. The number of hydrogen-bond donors (Lipinski definition) is 0. The van der Waals surface area contributed by atoms with Crippen molar-refractivity contribution in [2.75, 3.05) is 19.6 Å². The standard InChI is InChI=1S/C23H31N/c1-4-12-21(13-5-1)23(16-8-9-17-23)22(14-6-2-7-15-22)20-24-18-10-3-11-19-24/h1-2,4-7,12-14H,3,8-11,15-20H2. The molecule has 0 aromatic heterocycles. The largest absolute Gasteiger partial charge is 0.302 e. The minimum absolute atomic E-state index is 0.275. The molecule has 1 saturated heterocycles. The zero-order valence-corrected chi connectivity index (χ0v) is 14.9. The van der Waals surface area contributed by atoms with Crippen molar-refractivity contribution in [3.05, 3.63) is 60.2 Å². The van der Waals surface area contributed by atoms with E-state index in [-0.39, 0.29) is 5.41 Å². The SMILES string of the molecule is C1=CCC(CN2CCCCC2)(C2(c3ccccc3)CCCC2)C=C1. The molecule has 1 aliphatic heterocycles. The van der Waals surface area contributed by atoms with Gasteiger partial charge in [0, 0.05) is 17.4 Å². The van der Waals surface area contributed by atoms with Gasteiger partial charge in [-0.1, -0.05) is 73.9 Å². The van der Waals surface area contributed by atoms with Crippen LogP contribution in [0.3, 0.4) is 0 Å². The fourth-order valence-electron chi connectivity index (χ4n) is 5.61. The van der Waals surface area contributed by atoms with Crippen molar-refractivity contribution in [3.8, 4) is 0 Å². The van der Waals surface area contributed by atoms with Gasteiger partial charge in [-0.15, -0.1) is 0 Å². The molecule has 0 bridgehead atoms. The summed E-state index contributed by atoms with van der Waals surface area (Å²) in [5.74, 6) is 0. The molecule has 1 aromatic rings. The maximum absolute atomic E-state index is 2.76. The number of nitrogens with zero attached hydrogens (tertiary/aromatic N) is 1. The molecule has 1 nitrogen and oxygen atoms in total. The molecule has 3 aliphatic rings. The fraction of sp³-hybridized carbons (Fsp3) is 0.565. The second kappa shape index (κ2) is 6.88. The van der Waals surface area contributed by atoms with Crippen LogP contribution in [0.25, 0.3) is 0 Å². The van der Waals surface area contributed by atoms with Gasteiger partial charge in [0.25, 0.3) is 0 Å². The molecule has 0 N–H and O–H groups in total. The van der Waals surface area contributed by atoms with Crippen molar-refractivity contribution in [3.63, 3.8) is 0 Å². The highest BCUT2D eigenvalue weighted by atomic mass is 15.1. The predicted octanol–water partition coefficient (Wildman–Crippen LogP) is 5.49. The first-order valence-corrected chi connectivity index (χ1v) is 9.97. The number of benzene rings is 1. The van der Waals surface area contributed by atoms with Gasteiger partial charge >= 0.3 is 0 Å². The van der Waals surface area contributed by atoms with Crippen molar-refractivity contribution in [2.45, 2.75) is 56.8 Å². The zero-order chi connectivity index (χ0) is 16.3. The Labute approximate surface area is 147 Å². The van der Waals surface area contributed by atoms with Gasteiger partial charge in [-0.25, -0.2) is 0 Å². The van der Waals surface area contributed by atoms with Crippen LogP contribution < -0.4 is 0 Å². The van der Waals surface area contributed by atoms with E-state index in [2.05, 4.69) is 59.5 Å². The first-order chi connectivity index (χ1) is 11.8. The second-order valence-electron chi connectivity index (χ2n) is 8.14. The maximum Gasteiger partial charge on any atom is 0.0143 e. The van der Waals surface area contributed by atoms with E-state index in [0.29, 0.717) is 5.41 Å². The molecule has 1 saturated carbocycles. The van der Waals surface area contributed by atoms with Crippen LogP contribution in [0.1, 0.15) is 56.9 Å². The third-order valence-corrected chi connectivity index (χ3v) is 6.84. The van der Waals surface area contributed by atoms with E-state index in [1.807, 2.05) is 0 Å². The zero-order valence-electron chi connectivity index (χ0n) is 14.9. The Kier molecular flexibility index (Phi) is 4.63. The number of rotatable bonds is 4. The molecule has 24 heavy (non-hydrogen) atoms. The molecule has 0 spiro atoms. The van der Waals surface area contributed by atoms with Crippen LogP contribution in [0.5, 0.6) is 0 Å². The molecule has 4 rings (SSSR count). The van der Waals surface area contributed by atoms with Crippen LogP contribution in [-0.4, -0.2) is 24.5 Å². The molecule has 1 heterocycles. The predicted molar refractivity (Wildman–Crippen MR) is 102 cm³/mol. The third-order valence-electron chi connectivity index (χ3n) is 6.84. The smallest absolute Gasteiger partial charge is 0.0143 e. The van der Waals surface area contributed by atoms with Crippen molar-refractivity contribution < 1.29 is 0 Å². The van der Waals surface area contributed by atoms with Crippen LogP contribution in [0.15, 0.2) is 54.6 Å². The molecule has 128 valence electrons. The number of piperidine rings is 1. The average Bonchev–Trinajstić information content (AvgIpc) is 3.16. The lowest BCUT2D eigenvalue weighted by molar-refractivity contribution is 0.0895. The lowest BCUT2D eigenvalue weighted by atomic mass is 9.56. The Morgan fingerprint density at radius 1 is 0.833 bits per heavy atom. The highest BCUT2D eigenvalue weighted by Gasteiger charge is 2.52. The van der Waals surface area contributed by atoms with Crippen molar-refractivity contribution in [1.29, 1.82) is 0 Å². The van der Waals surface area contributed by atoms with Crippen LogP contribution in [0.2, 0.25) is 0 Å². The Morgan fingerprint density at radius 3 is 2.25 bits per heavy atom. The fourth-order valence-corrected chi connectivity index (χ4v) is 5.61. The summed E-state index contributed by atoms with van der Waals surface area (Å²) in [6.45, 7) is 3.83. The summed E-state index contributed by atoms with van der Waals surface area (Å²) in [5, 5.41) is 0. The second-order valence-corrected chi connectivity index (χ2v) is 8.14. The van der Waals surface area contributed by atoms with E-state index in [1.165, 1.54) is 71.0 Å². The van der Waals surface area contributed by atoms with Gasteiger partial charge in [-0.2, -0.15) is 0 Å². The van der Waals surface area contributed by atoms with Gasteiger partial charge in [-0.3, -0.25) is 0 Å². The molecule has 2 fully saturated rings. The third kappa shape index (κ3) is 2.77. The summed E-state index contributed by atoms with van der Waals surface area (Å²) in [7, 11) is 0. The molecule has 1 atom stereocenters. The van der Waals surface area contributed by atoms with Gasteiger partial charge in [-0.05, 0) is 50.8 Å². The average molecular weight is 322 g/mol. The number of hydrogen-bond acceptors (Lipinski definition) is 1. The molecule has 2 aliphatic carbocycles. The first-order valence-electron chi connectivity index (χ1n) is 9.97. The summed E-state index contributed by atoms with van der Waals surface area (Å²) >= 11 is 0. The summed E-state index contributed by atoms with van der Waals surface area (Å²) in [6, 6.07) is 11.4. The lowest BCUT2D eigenvalue weighted by Crippen LogP contribution is -2.51. The summed E-state index contributed by atoms with van der Waals surface area (Å²) in [6.07, 6.45) is 20.4. The minimum atomic E-state index is 0.275. The molecular formula is C23H31N. The van der Waals surface area contributed by atoms with Crippen molar-refractivity contribution >= 4 is 0 Å². The monoisotopic (exact) mass is 321 g/mol. The van der Waals surface area contributed by atoms with Crippen molar-refractivity contribution in [1.82, 2.24) is 4.90 Å². The van der Waals surface area contributed by atoms with Gasteiger partial charge in [0.15, 0.2) is 0 Å². The quantitative estimate of drug-likeness (QED) is 0.709. The summed E-state index contributed by atoms with van der Waals surface area (Å²) in [5.41, 5.74) is 2.18. The van der Waals surface area contributed by atoms with Gasteiger partial charge in [0.2, 0.25) is 0 Å². The van der Waals surface area contributed by atoms with Gasteiger partial charge in [0.1, 0.15) is 0 Å². The van der Waals surface area contributed by atoms with Crippen LogP contribution >= 0.6 is 0 Å². The van der Waals surface area contributed by atoms with Crippen LogP contribution in [0, 0.1) is 5.41 Å². The molecule has 1 aromatic carbocycles. The van der Waals surface area contributed by atoms with Gasteiger partial charge < -0.3 is 4.90 Å². The van der Waals surface area contributed by atoms with E-state index in [0.717, 1.165) is 0 Å². The van der Waals surface area contributed by atoms with Crippen LogP contribution in [-0.2, 0) is 5.41 Å². The van der Waals surface area contributed by atoms with E-state index in [9.17, 15) is 0 Å². The Bertz CT molecular complexity index is 588. The molecule has 1 unspecified atom stereocenters. The molecule has 0 radical (unpaired) electrons. The molecule has 1 heteroatoms.